The number of allylic oxidation sites excluding steroid dienone is 2. The number of nitrogens with one attached hydrogen (secondary N) is 1. The third kappa shape index (κ3) is 2.96. The van der Waals surface area contributed by atoms with Crippen molar-refractivity contribution in [3.63, 3.8) is 0 Å². The minimum absolute atomic E-state index is 0.556. The Kier molecular flexibility index (Phi) is 3.84. The van der Waals surface area contributed by atoms with Gasteiger partial charge < -0.3 is 5.41 Å². The van der Waals surface area contributed by atoms with Crippen molar-refractivity contribution in [3.8, 4) is 0 Å². The molecule has 0 bridgehead atoms. The molecule has 0 atom stereocenters. The summed E-state index contributed by atoms with van der Waals surface area (Å²) in [4.78, 5) is 0. The maximum atomic E-state index is 7.83. The van der Waals surface area contributed by atoms with Gasteiger partial charge in [0.2, 0.25) is 0 Å². The smallest absolute Gasteiger partial charge is 0.0430 e. The van der Waals surface area contributed by atoms with Crippen molar-refractivity contribution in [1.29, 1.82) is 5.41 Å². The van der Waals surface area contributed by atoms with Crippen LogP contribution >= 0.6 is 15.9 Å². The molecule has 0 saturated carbocycles. The van der Waals surface area contributed by atoms with Crippen molar-refractivity contribution in [3.05, 3.63) is 59.1 Å². The standard InChI is InChI=1S/C12H12BrN/c1-3-9(2)7-12(14)10-5-4-6-11(13)8-10/h3-6,8,14H,1-2,7H2. The van der Waals surface area contributed by atoms with E-state index in [0.29, 0.717) is 12.1 Å². The van der Waals surface area contributed by atoms with E-state index >= 15 is 0 Å². The predicted octanol–water partition coefficient (Wildman–Crippen LogP) is 3.95. The van der Waals surface area contributed by atoms with Gasteiger partial charge in [0, 0.05) is 16.6 Å². The molecule has 14 heavy (non-hydrogen) atoms. The molecule has 1 aromatic carbocycles. The van der Waals surface area contributed by atoms with Crippen LogP contribution in [0.1, 0.15) is 12.0 Å². The van der Waals surface area contributed by atoms with E-state index in [9.17, 15) is 0 Å². The Bertz CT molecular complexity index is 380. The number of halogens is 1. The van der Waals surface area contributed by atoms with Gasteiger partial charge in [-0.2, -0.15) is 0 Å². The van der Waals surface area contributed by atoms with Gasteiger partial charge in [-0.3, -0.25) is 0 Å². The summed E-state index contributed by atoms with van der Waals surface area (Å²) in [5, 5.41) is 7.83. The van der Waals surface area contributed by atoms with E-state index in [1.165, 1.54) is 0 Å². The zero-order chi connectivity index (χ0) is 10.6. The Hall–Kier alpha value is -1.15. The summed E-state index contributed by atoms with van der Waals surface area (Å²) < 4.78 is 0.990. The van der Waals surface area contributed by atoms with Crippen LogP contribution < -0.4 is 0 Å². The molecule has 0 fully saturated rings. The van der Waals surface area contributed by atoms with Crippen LogP contribution in [0.3, 0.4) is 0 Å². The monoisotopic (exact) mass is 249 g/mol. The fraction of sp³-hybridized carbons (Fsp3) is 0.0833. The van der Waals surface area contributed by atoms with E-state index in [1.807, 2.05) is 24.3 Å². The van der Waals surface area contributed by atoms with Crippen molar-refractivity contribution in [2.24, 2.45) is 0 Å². The highest BCUT2D eigenvalue weighted by molar-refractivity contribution is 9.10. The molecule has 0 spiro atoms. The zero-order valence-corrected chi connectivity index (χ0v) is 9.47. The van der Waals surface area contributed by atoms with Crippen LogP contribution in [0.25, 0.3) is 0 Å². The lowest BCUT2D eigenvalue weighted by atomic mass is 10.0. The van der Waals surface area contributed by atoms with Gasteiger partial charge >= 0.3 is 0 Å². The lowest BCUT2D eigenvalue weighted by Gasteiger charge is -2.04. The Morgan fingerprint density at radius 1 is 1.50 bits per heavy atom. The molecule has 1 aromatic rings. The van der Waals surface area contributed by atoms with Crippen LogP contribution in [0.5, 0.6) is 0 Å². The van der Waals surface area contributed by atoms with Gasteiger partial charge in [-0.25, -0.2) is 0 Å². The molecule has 0 heterocycles. The van der Waals surface area contributed by atoms with Crippen molar-refractivity contribution >= 4 is 21.6 Å². The highest BCUT2D eigenvalue weighted by Gasteiger charge is 2.02. The molecule has 1 rings (SSSR count). The number of hydrogen-bond donors (Lipinski definition) is 1. The third-order valence-electron chi connectivity index (χ3n) is 1.87. The van der Waals surface area contributed by atoms with Gasteiger partial charge in [-0.05, 0) is 23.3 Å². The molecule has 0 aliphatic heterocycles. The molecule has 0 amide bonds. The molecule has 72 valence electrons. The highest BCUT2D eigenvalue weighted by atomic mass is 79.9. The largest absolute Gasteiger partial charge is 0.304 e. The van der Waals surface area contributed by atoms with Gasteiger partial charge in [-0.15, -0.1) is 0 Å². The van der Waals surface area contributed by atoms with E-state index in [2.05, 4.69) is 29.1 Å². The summed E-state index contributed by atoms with van der Waals surface area (Å²) in [7, 11) is 0. The first-order chi connectivity index (χ1) is 6.63. The highest BCUT2D eigenvalue weighted by Crippen LogP contribution is 2.14. The molecule has 0 aliphatic carbocycles. The Morgan fingerprint density at radius 3 is 2.79 bits per heavy atom. The summed E-state index contributed by atoms with van der Waals surface area (Å²) >= 11 is 3.37. The van der Waals surface area contributed by atoms with Gasteiger partial charge in [0.1, 0.15) is 0 Å². The van der Waals surface area contributed by atoms with E-state index in [4.69, 9.17) is 5.41 Å². The minimum Gasteiger partial charge on any atom is -0.304 e. The van der Waals surface area contributed by atoms with E-state index in [0.717, 1.165) is 15.6 Å². The second-order valence-electron chi connectivity index (χ2n) is 3.03. The van der Waals surface area contributed by atoms with Crippen LogP contribution in [0, 0.1) is 5.41 Å². The van der Waals surface area contributed by atoms with Crippen LogP contribution in [0.2, 0.25) is 0 Å². The quantitative estimate of drug-likeness (QED) is 0.618. The molecule has 2 heteroatoms. The van der Waals surface area contributed by atoms with Gasteiger partial charge in [-0.1, -0.05) is 47.3 Å². The van der Waals surface area contributed by atoms with E-state index in [-0.39, 0.29) is 0 Å². The topological polar surface area (TPSA) is 23.9 Å². The Balaban J connectivity index is 2.79. The summed E-state index contributed by atoms with van der Waals surface area (Å²) in [5.41, 5.74) is 2.36. The number of hydrogen-bond acceptors (Lipinski definition) is 1. The summed E-state index contributed by atoms with van der Waals surface area (Å²) in [6, 6.07) is 7.71. The van der Waals surface area contributed by atoms with E-state index in [1.54, 1.807) is 6.08 Å². The minimum atomic E-state index is 0.556. The molecule has 0 aliphatic rings. The first-order valence-corrected chi connectivity index (χ1v) is 5.06. The van der Waals surface area contributed by atoms with Crippen molar-refractivity contribution < 1.29 is 0 Å². The average molecular weight is 250 g/mol. The van der Waals surface area contributed by atoms with Gasteiger partial charge in [0.05, 0.1) is 0 Å². The number of benzene rings is 1. The second kappa shape index (κ2) is 4.91. The van der Waals surface area contributed by atoms with Crippen LogP contribution in [-0.4, -0.2) is 5.71 Å². The van der Waals surface area contributed by atoms with Gasteiger partial charge in [0.15, 0.2) is 0 Å². The predicted molar refractivity (Wildman–Crippen MR) is 64.9 cm³/mol. The Labute approximate surface area is 92.8 Å². The number of rotatable bonds is 4. The molecular formula is C12H12BrN. The first kappa shape index (κ1) is 10.9. The third-order valence-corrected chi connectivity index (χ3v) is 2.36. The SMILES string of the molecule is C=CC(=C)CC(=N)c1cccc(Br)c1. The molecule has 1 nitrogen and oxygen atoms in total. The lowest BCUT2D eigenvalue weighted by Crippen LogP contribution is -1.99. The van der Waals surface area contributed by atoms with Crippen LogP contribution in [0.4, 0.5) is 0 Å². The van der Waals surface area contributed by atoms with Crippen molar-refractivity contribution in [2.75, 3.05) is 0 Å². The van der Waals surface area contributed by atoms with Crippen LogP contribution in [-0.2, 0) is 0 Å². The Morgan fingerprint density at radius 2 is 2.21 bits per heavy atom. The summed E-state index contributed by atoms with van der Waals surface area (Å²) in [6.07, 6.45) is 2.24. The molecule has 0 radical (unpaired) electrons. The van der Waals surface area contributed by atoms with Crippen molar-refractivity contribution in [2.45, 2.75) is 6.42 Å². The van der Waals surface area contributed by atoms with Gasteiger partial charge in [0.25, 0.3) is 0 Å². The molecule has 0 aromatic heterocycles. The summed E-state index contributed by atoms with van der Waals surface area (Å²) in [5.74, 6) is 0. The second-order valence-corrected chi connectivity index (χ2v) is 3.94. The zero-order valence-electron chi connectivity index (χ0n) is 7.89. The molecular weight excluding hydrogens is 238 g/mol. The fourth-order valence-corrected chi connectivity index (χ4v) is 1.48. The molecule has 0 unspecified atom stereocenters. The normalized spacial score (nSPS) is 9.50. The lowest BCUT2D eigenvalue weighted by molar-refractivity contribution is 1.30. The molecule has 0 saturated heterocycles. The summed E-state index contributed by atoms with van der Waals surface area (Å²) in [6.45, 7) is 7.41. The average Bonchev–Trinajstić information content (AvgIpc) is 2.17. The van der Waals surface area contributed by atoms with E-state index < -0.39 is 0 Å². The maximum absolute atomic E-state index is 7.83. The molecule has 1 N–H and O–H groups in total. The maximum Gasteiger partial charge on any atom is 0.0430 e. The van der Waals surface area contributed by atoms with Crippen LogP contribution in [0.15, 0.2) is 53.5 Å². The van der Waals surface area contributed by atoms with Crippen molar-refractivity contribution in [1.82, 2.24) is 0 Å². The fourth-order valence-electron chi connectivity index (χ4n) is 1.08. The first-order valence-electron chi connectivity index (χ1n) is 4.27.